The molecule has 0 aliphatic rings. The normalized spacial score (nSPS) is 10.4. The van der Waals surface area contributed by atoms with Crippen molar-refractivity contribution in [2.24, 2.45) is 0 Å². The largest absolute Gasteiger partial charge is 0.324 e. The van der Waals surface area contributed by atoms with E-state index in [0.29, 0.717) is 6.42 Å². The van der Waals surface area contributed by atoms with Gasteiger partial charge in [-0.25, -0.2) is 8.78 Å². The van der Waals surface area contributed by atoms with Crippen molar-refractivity contribution in [3.05, 3.63) is 65.2 Å². The van der Waals surface area contributed by atoms with Crippen LogP contribution < -0.4 is 5.32 Å². The minimum atomic E-state index is -0.636. The fourth-order valence-corrected chi connectivity index (χ4v) is 2.01. The van der Waals surface area contributed by atoms with Gasteiger partial charge in [-0.1, -0.05) is 29.8 Å². The lowest BCUT2D eigenvalue weighted by molar-refractivity contribution is -0.116. The average Bonchev–Trinajstić information content (AvgIpc) is 2.45. The van der Waals surface area contributed by atoms with Crippen LogP contribution in [0, 0.1) is 18.6 Å². The zero-order valence-electron chi connectivity index (χ0n) is 11.8. The van der Waals surface area contributed by atoms with Crippen molar-refractivity contribution in [2.45, 2.75) is 26.2 Å². The van der Waals surface area contributed by atoms with Crippen LogP contribution in [0.4, 0.5) is 14.5 Å². The number of aryl methyl sites for hydroxylation is 2. The van der Waals surface area contributed by atoms with Crippen LogP contribution in [-0.2, 0) is 11.2 Å². The van der Waals surface area contributed by atoms with E-state index in [4.69, 9.17) is 0 Å². The third-order valence-corrected chi connectivity index (χ3v) is 3.19. The molecule has 2 aromatic carbocycles. The van der Waals surface area contributed by atoms with Gasteiger partial charge in [0.05, 0.1) is 5.69 Å². The molecule has 0 atom stereocenters. The van der Waals surface area contributed by atoms with Gasteiger partial charge in [-0.15, -0.1) is 0 Å². The minimum absolute atomic E-state index is 0.115. The van der Waals surface area contributed by atoms with E-state index in [-0.39, 0.29) is 18.0 Å². The first-order valence-electron chi connectivity index (χ1n) is 6.85. The molecule has 1 N–H and O–H groups in total. The molecule has 0 aliphatic carbocycles. The van der Waals surface area contributed by atoms with Gasteiger partial charge in [-0.05, 0) is 37.5 Å². The van der Waals surface area contributed by atoms with Crippen LogP contribution in [0.2, 0.25) is 0 Å². The highest BCUT2D eigenvalue weighted by Gasteiger charge is 2.08. The topological polar surface area (TPSA) is 29.1 Å². The highest BCUT2D eigenvalue weighted by molar-refractivity contribution is 5.90. The summed E-state index contributed by atoms with van der Waals surface area (Å²) in [6, 6.07) is 11.1. The summed E-state index contributed by atoms with van der Waals surface area (Å²) < 4.78 is 26.4. The Morgan fingerprint density at radius 1 is 1.10 bits per heavy atom. The number of hydrogen-bond donors (Lipinski definition) is 1. The number of carbonyl (C=O) groups is 1. The Hall–Kier alpha value is -2.23. The predicted octanol–water partition coefficient (Wildman–Crippen LogP) is 4.23. The third kappa shape index (κ3) is 4.67. The molecule has 0 spiro atoms. The molecule has 0 aliphatic heterocycles. The molecule has 0 saturated heterocycles. The summed E-state index contributed by atoms with van der Waals surface area (Å²) in [5.41, 5.74) is 2.23. The predicted molar refractivity (Wildman–Crippen MR) is 79.1 cm³/mol. The molecule has 0 heterocycles. The maximum absolute atomic E-state index is 13.4. The molecule has 110 valence electrons. The Bertz CT molecular complexity index is 623. The van der Waals surface area contributed by atoms with E-state index in [2.05, 4.69) is 5.32 Å². The van der Waals surface area contributed by atoms with Gasteiger partial charge in [0.1, 0.15) is 11.6 Å². The van der Waals surface area contributed by atoms with Gasteiger partial charge in [0.15, 0.2) is 0 Å². The number of nitrogens with one attached hydrogen (secondary N) is 1. The molecule has 1 amide bonds. The molecule has 0 fully saturated rings. The van der Waals surface area contributed by atoms with Crippen molar-refractivity contribution in [2.75, 3.05) is 5.32 Å². The maximum Gasteiger partial charge on any atom is 0.224 e. The number of anilines is 1. The zero-order valence-corrected chi connectivity index (χ0v) is 11.8. The van der Waals surface area contributed by atoms with Gasteiger partial charge >= 0.3 is 0 Å². The van der Waals surface area contributed by atoms with Crippen LogP contribution in [-0.4, -0.2) is 5.91 Å². The summed E-state index contributed by atoms with van der Waals surface area (Å²) in [4.78, 5) is 11.7. The smallest absolute Gasteiger partial charge is 0.224 e. The number of hydrogen-bond acceptors (Lipinski definition) is 1. The zero-order chi connectivity index (χ0) is 15.2. The van der Waals surface area contributed by atoms with Crippen LogP contribution in [0.1, 0.15) is 24.0 Å². The van der Waals surface area contributed by atoms with Gasteiger partial charge in [0.25, 0.3) is 0 Å². The Balaban J connectivity index is 1.82. The van der Waals surface area contributed by atoms with Crippen molar-refractivity contribution >= 4 is 11.6 Å². The fraction of sp³-hybridized carbons (Fsp3) is 0.235. The lowest BCUT2D eigenvalue weighted by Gasteiger charge is -2.07. The summed E-state index contributed by atoms with van der Waals surface area (Å²) in [5, 5.41) is 2.39. The lowest BCUT2D eigenvalue weighted by atomic mass is 10.1. The van der Waals surface area contributed by atoms with E-state index < -0.39 is 11.6 Å². The maximum atomic E-state index is 13.4. The molecule has 0 bridgehead atoms. The van der Waals surface area contributed by atoms with Crippen LogP contribution >= 0.6 is 0 Å². The Labute approximate surface area is 122 Å². The SMILES string of the molecule is Cc1ccc(CCCC(=O)Nc2cc(F)ccc2F)cc1. The first-order valence-corrected chi connectivity index (χ1v) is 6.85. The monoisotopic (exact) mass is 289 g/mol. The van der Waals surface area contributed by atoms with E-state index in [0.717, 1.165) is 30.2 Å². The second-order valence-corrected chi connectivity index (χ2v) is 5.01. The highest BCUT2D eigenvalue weighted by Crippen LogP contribution is 2.16. The Morgan fingerprint density at radius 2 is 1.81 bits per heavy atom. The van der Waals surface area contributed by atoms with Gasteiger partial charge in [0.2, 0.25) is 5.91 Å². The standard InChI is InChI=1S/C17H17F2NO/c1-12-5-7-13(8-6-12)3-2-4-17(21)20-16-11-14(18)9-10-15(16)19/h5-11H,2-4H2,1H3,(H,20,21). The summed E-state index contributed by atoms with van der Waals surface area (Å²) in [7, 11) is 0. The number of halogens is 2. The molecule has 2 nitrogen and oxygen atoms in total. The van der Waals surface area contributed by atoms with E-state index in [9.17, 15) is 13.6 Å². The second kappa shape index (κ2) is 6.97. The molecule has 2 rings (SSSR count). The first-order chi connectivity index (χ1) is 10.0. The molecular weight excluding hydrogens is 272 g/mol. The third-order valence-electron chi connectivity index (χ3n) is 3.19. The summed E-state index contributed by atoms with van der Waals surface area (Å²) in [5.74, 6) is -1.53. The van der Waals surface area contributed by atoms with Crippen molar-refractivity contribution in [3.8, 4) is 0 Å². The fourth-order valence-electron chi connectivity index (χ4n) is 2.01. The first kappa shape index (κ1) is 15.2. The molecule has 0 saturated carbocycles. The van der Waals surface area contributed by atoms with Crippen LogP contribution in [0.3, 0.4) is 0 Å². The highest BCUT2D eigenvalue weighted by atomic mass is 19.1. The van der Waals surface area contributed by atoms with Crippen LogP contribution in [0.5, 0.6) is 0 Å². The number of amides is 1. The molecular formula is C17H17F2NO. The molecule has 0 unspecified atom stereocenters. The molecule has 0 aromatic heterocycles. The van der Waals surface area contributed by atoms with Gasteiger partial charge < -0.3 is 5.32 Å². The molecule has 2 aromatic rings. The van der Waals surface area contributed by atoms with E-state index in [1.165, 1.54) is 5.56 Å². The lowest BCUT2D eigenvalue weighted by Crippen LogP contribution is -2.12. The van der Waals surface area contributed by atoms with Gasteiger partial charge in [-0.3, -0.25) is 4.79 Å². The van der Waals surface area contributed by atoms with Crippen LogP contribution in [0.15, 0.2) is 42.5 Å². The Morgan fingerprint density at radius 3 is 2.52 bits per heavy atom. The van der Waals surface area contributed by atoms with E-state index in [1.807, 2.05) is 31.2 Å². The van der Waals surface area contributed by atoms with Crippen molar-refractivity contribution in [1.29, 1.82) is 0 Å². The Kier molecular flexibility index (Phi) is 5.04. The summed E-state index contributed by atoms with van der Waals surface area (Å²) in [6.45, 7) is 2.02. The molecule has 0 radical (unpaired) electrons. The molecule has 4 heteroatoms. The van der Waals surface area contributed by atoms with Gasteiger partial charge in [-0.2, -0.15) is 0 Å². The van der Waals surface area contributed by atoms with Crippen molar-refractivity contribution in [3.63, 3.8) is 0 Å². The minimum Gasteiger partial charge on any atom is -0.324 e. The van der Waals surface area contributed by atoms with E-state index in [1.54, 1.807) is 0 Å². The summed E-state index contributed by atoms with van der Waals surface area (Å²) in [6.07, 6.45) is 1.70. The van der Waals surface area contributed by atoms with Gasteiger partial charge in [0, 0.05) is 12.5 Å². The average molecular weight is 289 g/mol. The second-order valence-electron chi connectivity index (χ2n) is 5.01. The van der Waals surface area contributed by atoms with Crippen molar-refractivity contribution < 1.29 is 13.6 Å². The number of benzene rings is 2. The number of rotatable bonds is 5. The number of carbonyl (C=O) groups excluding carboxylic acids is 1. The van der Waals surface area contributed by atoms with E-state index >= 15 is 0 Å². The molecule has 21 heavy (non-hydrogen) atoms. The quantitative estimate of drug-likeness (QED) is 0.876. The van der Waals surface area contributed by atoms with Crippen LogP contribution in [0.25, 0.3) is 0 Å². The van der Waals surface area contributed by atoms with Crippen molar-refractivity contribution in [1.82, 2.24) is 0 Å². The summed E-state index contributed by atoms with van der Waals surface area (Å²) >= 11 is 0.